The topological polar surface area (TPSA) is 80.7 Å². The maximum absolute atomic E-state index is 11.9. The first-order valence-corrected chi connectivity index (χ1v) is 5.34. The maximum atomic E-state index is 11.9. The summed E-state index contributed by atoms with van der Waals surface area (Å²) in [5.41, 5.74) is -5.65. The van der Waals surface area contributed by atoms with Gasteiger partial charge in [-0.05, 0) is 12.0 Å². The van der Waals surface area contributed by atoms with Gasteiger partial charge in [0.1, 0.15) is 0 Å². The molecule has 0 aliphatic carbocycles. The highest BCUT2D eigenvalue weighted by Crippen LogP contribution is 2.26. The second kappa shape index (κ2) is 4.73. The fraction of sp³-hybridized carbons (Fsp3) is 0.571. The lowest BCUT2D eigenvalue weighted by molar-refractivity contribution is -0.135. The van der Waals surface area contributed by atoms with Crippen molar-refractivity contribution in [2.75, 3.05) is 0 Å². The quantitative estimate of drug-likeness (QED) is 0.359. The molecule has 0 spiro atoms. The number of halogens is 3. The van der Waals surface area contributed by atoms with Gasteiger partial charge >= 0.3 is 21.6 Å². The molecule has 0 bridgehead atoms. The lowest BCUT2D eigenvalue weighted by Crippen LogP contribution is -2.27. The molecule has 0 aliphatic heterocycles. The molecule has 94 valence electrons. The average molecular weight is 262 g/mol. The molecule has 0 heterocycles. The van der Waals surface area contributed by atoms with Crippen molar-refractivity contribution >= 4 is 16.1 Å². The molecule has 0 aromatic rings. The highest BCUT2D eigenvalue weighted by molar-refractivity contribution is 7.87. The predicted molar refractivity (Wildman–Crippen MR) is 46.6 cm³/mol. The van der Waals surface area contributed by atoms with Crippen molar-refractivity contribution in [1.82, 2.24) is 0 Å². The molecule has 0 fully saturated rings. The number of aliphatic carboxylic acids is 1. The van der Waals surface area contributed by atoms with Crippen LogP contribution in [0.1, 0.15) is 13.8 Å². The van der Waals surface area contributed by atoms with Gasteiger partial charge in [0, 0.05) is 0 Å². The summed E-state index contributed by atoms with van der Waals surface area (Å²) in [6, 6.07) is 0. The second-order valence-corrected chi connectivity index (χ2v) is 4.60. The monoisotopic (exact) mass is 262 g/mol. The van der Waals surface area contributed by atoms with Crippen LogP contribution in [0.15, 0.2) is 11.8 Å². The third-order valence-electron chi connectivity index (χ3n) is 1.18. The smallest absolute Gasteiger partial charge is 0.475 e. The molecule has 9 heteroatoms. The Labute approximate surface area is 89.6 Å². The Morgan fingerprint density at radius 1 is 1.38 bits per heavy atom. The number of carboxylic acids is 1. The van der Waals surface area contributed by atoms with E-state index < -0.39 is 33.3 Å². The molecule has 0 aromatic heterocycles. The zero-order chi connectivity index (χ0) is 13.1. The third-order valence-corrected chi connectivity index (χ3v) is 2.14. The lowest BCUT2D eigenvalue weighted by Gasteiger charge is -2.10. The zero-order valence-corrected chi connectivity index (χ0v) is 9.09. The summed E-state index contributed by atoms with van der Waals surface area (Å²) in [7, 11) is -5.94. The number of alkyl halides is 3. The first kappa shape index (κ1) is 14.8. The highest BCUT2D eigenvalue weighted by Gasteiger charge is 2.49. The Morgan fingerprint density at radius 2 is 1.81 bits per heavy atom. The molecule has 0 atom stereocenters. The molecule has 0 amide bonds. The highest BCUT2D eigenvalue weighted by atomic mass is 32.2. The van der Waals surface area contributed by atoms with Crippen LogP contribution in [-0.4, -0.2) is 25.0 Å². The van der Waals surface area contributed by atoms with Crippen LogP contribution in [0, 0.1) is 5.92 Å². The van der Waals surface area contributed by atoms with Crippen LogP contribution in [0.25, 0.3) is 0 Å². The number of carbonyl (C=O) groups is 1. The summed E-state index contributed by atoms with van der Waals surface area (Å²) < 4.78 is 60.1. The number of allylic oxidation sites excluding steroid dienone is 1. The van der Waals surface area contributed by atoms with E-state index in [1.807, 2.05) is 0 Å². The van der Waals surface area contributed by atoms with E-state index in [0.717, 1.165) is 6.08 Å². The minimum absolute atomic E-state index is 0.477. The fourth-order valence-electron chi connectivity index (χ4n) is 0.603. The first-order chi connectivity index (χ1) is 6.97. The van der Waals surface area contributed by atoms with E-state index in [-0.39, 0.29) is 0 Å². The molecular weight excluding hydrogens is 253 g/mol. The van der Waals surface area contributed by atoms with Crippen LogP contribution >= 0.6 is 0 Å². The number of hydrogen-bond donors (Lipinski definition) is 1. The summed E-state index contributed by atoms with van der Waals surface area (Å²) in [4.78, 5) is 10.4. The Hall–Kier alpha value is -1.25. The molecule has 5 nitrogen and oxygen atoms in total. The number of rotatable bonds is 4. The van der Waals surface area contributed by atoms with E-state index in [1.54, 1.807) is 0 Å². The molecule has 0 unspecified atom stereocenters. The lowest BCUT2D eigenvalue weighted by atomic mass is 10.2. The van der Waals surface area contributed by atoms with Gasteiger partial charge in [-0.15, -0.1) is 0 Å². The summed E-state index contributed by atoms with van der Waals surface area (Å²) >= 11 is 0. The molecule has 0 rings (SSSR count). The molecule has 0 saturated carbocycles. The molecule has 1 N–H and O–H groups in total. The van der Waals surface area contributed by atoms with Crippen molar-refractivity contribution in [3.05, 3.63) is 11.8 Å². The molecular formula is C7H9F3O5S. The van der Waals surface area contributed by atoms with Crippen molar-refractivity contribution in [3.63, 3.8) is 0 Å². The standard InChI is InChI=1S/C7H9F3O5S/c1-4(2)3-5(6(11)12)15-16(13,14)7(8,9)10/h3-4H,1-2H3,(H,11,12). The Morgan fingerprint density at radius 3 is 2.06 bits per heavy atom. The van der Waals surface area contributed by atoms with Gasteiger partial charge < -0.3 is 9.29 Å². The van der Waals surface area contributed by atoms with Gasteiger partial charge in [-0.1, -0.05) is 13.8 Å². The second-order valence-electron chi connectivity index (χ2n) is 3.06. The van der Waals surface area contributed by atoms with Gasteiger partial charge in [0.2, 0.25) is 5.76 Å². The Kier molecular flexibility index (Phi) is 4.36. The van der Waals surface area contributed by atoms with E-state index in [0.29, 0.717) is 0 Å². The van der Waals surface area contributed by atoms with Gasteiger partial charge in [0.25, 0.3) is 0 Å². The van der Waals surface area contributed by atoms with Gasteiger partial charge in [-0.3, -0.25) is 0 Å². The molecule has 0 radical (unpaired) electrons. The van der Waals surface area contributed by atoms with Crippen molar-refractivity contribution in [1.29, 1.82) is 0 Å². The average Bonchev–Trinajstić information content (AvgIpc) is 1.98. The minimum Gasteiger partial charge on any atom is -0.475 e. The van der Waals surface area contributed by atoms with Crippen LogP contribution in [0.4, 0.5) is 13.2 Å². The summed E-state index contributed by atoms with van der Waals surface area (Å²) in [6.45, 7) is 2.90. The van der Waals surface area contributed by atoms with Crippen LogP contribution in [0.3, 0.4) is 0 Å². The van der Waals surface area contributed by atoms with E-state index in [4.69, 9.17) is 5.11 Å². The van der Waals surface area contributed by atoms with Crippen molar-refractivity contribution in [2.45, 2.75) is 19.4 Å². The Balaban J connectivity index is 5.16. The maximum Gasteiger partial charge on any atom is 0.534 e. The van der Waals surface area contributed by atoms with E-state index in [9.17, 15) is 26.4 Å². The zero-order valence-electron chi connectivity index (χ0n) is 8.28. The molecule has 16 heavy (non-hydrogen) atoms. The van der Waals surface area contributed by atoms with Crippen LogP contribution in [0.5, 0.6) is 0 Å². The van der Waals surface area contributed by atoms with Crippen LogP contribution in [0.2, 0.25) is 0 Å². The van der Waals surface area contributed by atoms with E-state index in [2.05, 4.69) is 4.18 Å². The fourth-order valence-corrected chi connectivity index (χ4v) is 1.06. The molecule has 0 aromatic carbocycles. The van der Waals surface area contributed by atoms with Crippen LogP contribution < -0.4 is 0 Å². The van der Waals surface area contributed by atoms with Crippen molar-refractivity contribution < 1.29 is 35.7 Å². The number of carboxylic acid groups (broad SMARTS) is 1. The van der Waals surface area contributed by atoms with Crippen LogP contribution in [-0.2, 0) is 19.1 Å². The van der Waals surface area contributed by atoms with Gasteiger partial charge in [0.05, 0.1) is 0 Å². The summed E-state index contributed by atoms with van der Waals surface area (Å²) in [5.74, 6) is -3.64. The Bertz CT molecular complexity index is 393. The molecule has 0 aliphatic rings. The van der Waals surface area contributed by atoms with Crippen molar-refractivity contribution in [3.8, 4) is 0 Å². The van der Waals surface area contributed by atoms with E-state index >= 15 is 0 Å². The van der Waals surface area contributed by atoms with Gasteiger partial charge in [-0.25, -0.2) is 4.79 Å². The third kappa shape index (κ3) is 4.09. The summed E-state index contributed by atoms with van der Waals surface area (Å²) in [5, 5.41) is 8.43. The first-order valence-electron chi connectivity index (χ1n) is 3.93. The normalized spacial score (nSPS) is 14.0. The van der Waals surface area contributed by atoms with Gasteiger partial charge in [0.15, 0.2) is 0 Å². The molecule has 0 saturated heterocycles. The van der Waals surface area contributed by atoms with Crippen molar-refractivity contribution in [2.24, 2.45) is 5.92 Å². The van der Waals surface area contributed by atoms with E-state index in [1.165, 1.54) is 13.8 Å². The SMILES string of the molecule is CC(C)C=C(OS(=O)(=O)C(F)(F)F)C(=O)O. The predicted octanol–water partition coefficient (Wildman–Crippen LogP) is 1.48. The minimum atomic E-state index is -5.94. The van der Waals surface area contributed by atoms with Gasteiger partial charge in [-0.2, -0.15) is 21.6 Å². The largest absolute Gasteiger partial charge is 0.534 e. The summed E-state index contributed by atoms with van der Waals surface area (Å²) in [6.07, 6.45) is 0.756. The number of hydrogen-bond acceptors (Lipinski definition) is 4.